The summed E-state index contributed by atoms with van der Waals surface area (Å²) in [5.74, 6) is -2.52. The van der Waals surface area contributed by atoms with Crippen molar-refractivity contribution in [2.45, 2.75) is 46.0 Å². The van der Waals surface area contributed by atoms with E-state index in [2.05, 4.69) is 0 Å². The molecule has 0 saturated carbocycles. The van der Waals surface area contributed by atoms with Gasteiger partial charge in [-0.2, -0.15) is 0 Å². The zero-order valence-corrected chi connectivity index (χ0v) is 27.7. The van der Waals surface area contributed by atoms with Crippen molar-refractivity contribution in [3.63, 3.8) is 0 Å². The van der Waals surface area contributed by atoms with Gasteiger partial charge in [0, 0.05) is 35.1 Å². The summed E-state index contributed by atoms with van der Waals surface area (Å²) in [5.41, 5.74) is 14.4. The summed E-state index contributed by atoms with van der Waals surface area (Å²) >= 11 is 0. The maximum atomic E-state index is 12.1. The topological polar surface area (TPSA) is 208 Å². The third-order valence-corrected chi connectivity index (χ3v) is 8.99. The van der Waals surface area contributed by atoms with E-state index in [9.17, 15) is 39.6 Å². The fraction of sp³-hybridized carbons (Fsp3) is 0.179. The summed E-state index contributed by atoms with van der Waals surface area (Å²) in [6.45, 7) is 7.78. The number of nitrogens with two attached hydrogens (primary N) is 2. The van der Waals surface area contributed by atoms with Crippen molar-refractivity contribution in [1.29, 1.82) is 0 Å². The number of nitrogens with zero attached hydrogens (tertiary/aromatic N) is 2. The summed E-state index contributed by atoms with van der Waals surface area (Å²) in [6.07, 6.45) is 4.52. The molecule has 0 aromatic heterocycles. The standard InChI is InChI=1S/C23H18N2O6.C15H18N2O2.CH4/c1-23(2,13-3-5-17(26)15(11-13)24-19(28)7-8-20(24)29)14-4-6-18(27)16(12-14)25-21(30)9-10-22(25)31;1-15(2,9-3-5-13(18)11(16)7-9)10-4-6-14(19)12(17)8-10;/h3-12,26-27H,1-2H3;3-8,18-19H,16-17H2,1-2H3;1H4. The van der Waals surface area contributed by atoms with Crippen molar-refractivity contribution in [3.8, 4) is 23.0 Å². The van der Waals surface area contributed by atoms with E-state index in [1.807, 2.05) is 39.8 Å². The summed E-state index contributed by atoms with van der Waals surface area (Å²) in [5, 5.41) is 39.5. The van der Waals surface area contributed by atoms with E-state index in [-0.39, 0.29) is 47.2 Å². The van der Waals surface area contributed by atoms with Gasteiger partial charge in [-0.05, 0) is 70.8 Å². The van der Waals surface area contributed by atoms with Crippen LogP contribution in [0.5, 0.6) is 23.0 Å². The molecule has 4 aromatic carbocycles. The van der Waals surface area contributed by atoms with Crippen LogP contribution in [0.4, 0.5) is 22.7 Å². The van der Waals surface area contributed by atoms with Gasteiger partial charge >= 0.3 is 0 Å². The van der Waals surface area contributed by atoms with Crippen molar-refractivity contribution >= 4 is 46.4 Å². The number of imide groups is 2. The van der Waals surface area contributed by atoms with Crippen LogP contribution in [-0.4, -0.2) is 44.1 Å². The Morgan fingerprint density at radius 3 is 0.980 bits per heavy atom. The highest BCUT2D eigenvalue weighted by atomic mass is 16.3. The van der Waals surface area contributed by atoms with Gasteiger partial charge in [0.2, 0.25) is 0 Å². The molecular formula is C39H40N4O8. The average molecular weight is 693 g/mol. The molecule has 0 bridgehead atoms. The van der Waals surface area contributed by atoms with Crippen LogP contribution in [0.2, 0.25) is 0 Å². The quantitative estimate of drug-likeness (QED) is 0.0849. The third-order valence-electron chi connectivity index (χ3n) is 8.99. The van der Waals surface area contributed by atoms with Crippen molar-refractivity contribution in [1.82, 2.24) is 0 Å². The van der Waals surface area contributed by atoms with Gasteiger partial charge in [-0.1, -0.05) is 59.4 Å². The van der Waals surface area contributed by atoms with Crippen molar-refractivity contribution in [2.75, 3.05) is 21.3 Å². The lowest BCUT2D eigenvalue weighted by molar-refractivity contribution is -0.121. The minimum Gasteiger partial charge on any atom is -0.506 e. The molecular weight excluding hydrogens is 652 g/mol. The second kappa shape index (κ2) is 13.7. The van der Waals surface area contributed by atoms with E-state index in [4.69, 9.17) is 11.5 Å². The molecule has 8 N–H and O–H groups in total. The fourth-order valence-electron chi connectivity index (χ4n) is 5.68. The van der Waals surface area contributed by atoms with Gasteiger partial charge in [-0.15, -0.1) is 0 Å². The first kappa shape index (κ1) is 37.3. The monoisotopic (exact) mass is 692 g/mol. The third kappa shape index (κ3) is 6.97. The number of hydrogen-bond acceptors (Lipinski definition) is 10. The summed E-state index contributed by atoms with van der Waals surface area (Å²) < 4.78 is 0. The molecule has 264 valence electrons. The van der Waals surface area contributed by atoms with Crippen LogP contribution in [0.25, 0.3) is 0 Å². The number of carbonyl (C=O) groups is 4. The number of hydrogen-bond donors (Lipinski definition) is 6. The molecule has 4 aromatic rings. The molecule has 0 fully saturated rings. The molecule has 2 aliphatic rings. The van der Waals surface area contributed by atoms with Gasteiger partial charge < -0.3 is 31.9 Å². The number of anilines is 4. The lowest BCUT2D eigenvalue weighted by atomic mass is 9.77. The van der Waals surface area contributed by atoms with E-state index in [0.29, 0.717) is 22.5 Å². The Kier molecular flexibility index (Phi) is 10.0. The molecule has 0 atom stereocenters. The van der Waals surface area contributed by atoms with Crippen LogP contribution in [-0.2, 0) is 30.0 Å². The Morgan fingerprint density at radius 2 is 0.706 bits per heavy atom. The number of rotatable bonds is 6. The molecule has 51 heavy (non-hydrogen) atoms. The van der Waals surface area contributed by atoms with E-state index in [1.165, 1.54) is 12.1 Å². The highest BCUT2D eigenvalue weighted by molar-refractivity contribution is 6.29. The molecule has 2 aliphatic heterocycles. The van der Waals surface area contributed by atoms with Crippen LogP contribution in [0.3, 0.4) is 0 Å². The van der Waals surface area contributed by atoms with Gasteiger partial charge in [0.1, 0.15) is 23.0 Å². The molecule has 6 rings (SSSR count). The Hall–Kier alpha value is -6.56. The first-order chi connectivity index (χ1) is 23.4. The summed E-state index contributed by atoms with van der Waals surface area (Å²) in [6, 6.07) is 19.5. The van der Waals surface area contributed by atoms with Crippen LogP contribution in [0.1, 0.15) is 57.4 Å². The minimum atomic E-state index is -0.747. The van der Waals surface area contributed by atoms with Crippen molar-refractivity contribution < 1.29 is 39.6 Å². The number of phenols is 4. The molecule has 4 amide bonds. The van der Waals surface area contributed by atoms with E-state index in [1.54, 1.807) is 48.5 Å². The Balaban J connectivity index is 0.000000251. The zero-order valence-electron chi connectivity index (χ0n) is 27.7. The maximum Gasteiger partial charge on any atom is 0.258 e. The van der Waals surface area contributed by atoms with Gasteiger partial charge in [0.15, 0.2) is 0 Å². The zero-order chi connectivity index (χ0) is 36.7. The number of amides is 4. The van der Waals surface area contributed by atoms with Crippen LogP contribution >= 0.6 is 0 Å². The SMILES string of the molecule is C.CC(C)(c1ccc(O)c(N)c1)c1ccc(O)c(N)c1.CC(C)(c1ccc(O)c(N2C(=O)C=CC2=O)c1)c1ccc(O)c(N2C(=O)C=CC2=O)c1. The van der Waals surface area contributed by atoms with E-state index >= 15 is 0 Å². The van der Waals surface area contributed by atoms with E-state index in [0.717, 1.165) is 45.2 Å². The number of benzene rings is 4. The number of carbonyl (C=O) groups excluding carboxylic acids is 4. The van der Waals surface area contributed by atoms with Gasteiger partial charge in [-0.3, -0.25) is 19.2 Å². The molecule has 0 unspecified atom stereocenters. The molecule has 12 heteroatoms. The number of phenolic OH excluding ortho intramolecular Hbond substituents is 4. The first-order valence-electron chi connectivity index (χ1n) is 15.4. The van der Waals surface area contributed by atoms with Gasteiger partial charge in [0.05, 0.1) is 22.7 Å². The highest BCUT2D eigenvalue weighted by Gasteiger charge is 2.33. The minimum absolute atomic E-state index is 0. The average Bonchev–Trinajstić information content (AvgIpc) is 3.58. The molecule has 0 saturated heterocycles. The molecule has 0 aliphatic carbocycles. The second-order valence-corrected chi connectivity index (χ2v) is 12.9. The van der Waals surface area contributed by atoms with Crippen LogP contribution in [0.15, 0.2) is 97.1 Å². The Labute approximate surface area is 295 Å². The Morgan fingerprint density at radius 1 is 0.451 bits per heavy atom. The van der Waals surface area contributed by atoms with Crippen molar-refractivity contribution in [2.24, 2.45) is 0 Å². The molecule has 2 heterocycles. The lowest BCUT2D eigenvalue weighted by Crippen LogP contribution is -2.31. The molecule has 12 nitrogen and oxygen atoms in total. The fourth-order valence-corrected chi connectivity index (χ4v) is 5.68. The smallest absolute Gasteiger partial charge is 0.258 e. The Bertz CT molecular complexity index is 1950. The lowest BCUT2D eigenvalue weighted by Gasteiger charge is -2.29. The second-order valence-electron chi connectivity index (χ2n) is 12.9. The first-order valence-corrected chi connectivity index (χ1v) is 15.4. The molecule has 0 spiro atoms. The number of nitrogen functional groups attached to an aromatic ring is 2. The summed E-state index contributed by atoms with van der Waals surface area (Å²) in [7, 11) is 0. The largest absolute Gasteiger partial charge is 0.506 e. The highest BCUT2D eigenvalue weighted by Crippen LogP contribution is 2.41. The number of aromatic hydroxyl groups is 4. The molecule has 0 radical (unpaired) electrons. The predicted molar refractivity (Wildman–Crippen MR) is 196 cm³/mol. The van der Waals surface area contributed by atoms with Crippen LogP contribution < -0.4 is 21.3 Å². The van der Waals surface area contributed by atoms with Gasteiger partial charge in [-0.25, -0.2) is 9.80 Å². The predicted octanol–water partition coefficient (Wildman–Crippen LogP) is 5.51. The van der Waals surface area contributed by atoms with Gasteiger partial charge in [0.25, 0.3) is 23.6 Å². The van der Waals surface area contributed by atoms with E-state index < -0.39 is 29.0 Å². The normalized spacial score (nSPS) is 14.1. The van der Waals surface area contributed by atoms with Crippen LogP contribution in [0, 0.1) is 0 Å². The van der Waals surface area contributed by atoms with Crippen molar-refractivity contribution in [3.05, 3.63) is 119 Å². The summed E-state index contributed by atoms with van der Waals surface area (Å²) in [4.78, 5) is 50.0. The maximum absolute atomic E-state index is 12.1.